The fraction of sp³-hybridized carbons (Fsp3) is 0.471. The highest BCUT2D eigenvalue weighted by molar-refractivity contribution is 7.80. The van der Waals surface area contributed by atoms with Gasteiger partial charge in [-0.1, -0.05) is 39.8 Å². The molecule has 6 nitrogen and oxygen atoms in total. The summed E-state index contributed by atoms with van der Waals surface area (Å²) in [5.74, 6) is 0.695. The summed E-state index contributed by atoms with van der Waals surface area (Å²) in [6.07, 6.45) is 0.366. The molecule has 0 bridgehead atoms. The van der Waals surface area contributed by atoms with E-state index in [0.29, 0.717) is 18.1 Å². The lowest BCUT2D eigenvalue weighted by Gasteiger charge is -2.12. The Morgan fingerprint density at radius 1 is 1.04 bits per heavy atom. The van der Waals surface area contributed by atoms with Crippen molar-refractivity contribution in [2.24, 2.45) is 5.92 Å². The van der Waals surface area contributed by atoms with Gasteiger partial charge in [-0.15, -0.1) is 0 Å². The number of hydrogen-bond donors (Lipinski definition) is 3. The largest absolute Gasteiger partial charge is 0.484 e. The Morgan fingerprint density at radius 2 is 1.67 bits per heavy atom. The van der Waals surface area contributed by atoms with Gasteiger partial charge in [-0.05, 0) is 41.7 Å². The number of carbonyl (C=O) groups is 2. The van der Waals surface area contributed by atoms with E-state index in [2.05, 4.69) is 30.0 Å². The van der Waals surface area contributed by atoms with Gasteiger partial charge in [0.25, 0.3) is 5.91 Å². The third-order valence-corrected chi connectivity index (χ3v) is 3.28. The van der Waals surface area contributed by atoms with Crippen molar-refractivity contribution >= 4 is 29.1 Å². The van der Waals surface area contributed by atoms with Crippen LogP contribution in [0.1, 0.15) is 45.6 Å². The van der Waals surface area contributed by atoms with E-state index in [9.17, 15) is 9.59 Å². The fourth-order valence-corrected chi connectivity index (χ4v) is 2.00. The molecule has 1 rings (SSSR count). The molecule has 7 heteroatoms. The molecule has 0 aromatic heterocycles. The molecule has 0 radical (unpaired) electrons. The number of ether oxygens (including phenoxy) is 1. The minimum atomic E-state index is -0.400. The lowest BCUT2D eigenvalue weighted by atomic mass is 10.0. The van der Waals surface area contributed by atoms with Gasteiger partial charge in [-0.3, -0.25) is 20.4 Å². The summed E-state index contributed by atoms with van der Waals surface area (Å²) in [6.45, 7) is 7.93. The Kier molecular flexibility index (Phi) is 8.18. The standard InChI is InChI=1S/C17H25N3O3S/c1-11(2)9-15(21)18-17(24)20-19-16(22)10-23-14-7-5-13(6-8-14)12(3)4/h5-8,11-12H,9-10H2,1-4H3,(H,19,22)(H2,18,20,21,24). The first-order valence-electron chi connectivity index (χ1n) is 7.89. The molecule has 1 aromatic carbocycles. The summed E-state index contributed by atoms with van der Waals surface area (Å²) in [5.41, 5.74) is 6.04. The van der Waals surface area contributed by atoms with Gasteiger partial charge in [0.05, 0.1) is 0 Å². The van der Waals surface area contributed by atoms with E-state index in [0.717, 1.165) is 0 Å². The molecule has 0 fully saturated rings. The third-order valence-electron chi connectivity index (χ3n) is 3.08. The highest BCUT2D eigenvalue weighted by Gasteiger charge is 2.08. The first-order chi connectivity index (χ1) is 11.3. The van der Waals surface area contributed by atoms with Crippen LogP contribution in [0.25, 0.3) is 0 Å². The summed E-state index contributed by atoms with van der Waals surface area (Å²) in [6, 6.07) is 7.59. The molecular weight excluding hydrogens is 326 g/mol. The Morgan fingerprint density at radius 3 is 2.21 bits per heavy atom. The van der Waals surface area contributed by atoms with E-state index >= 15 is 0 Å². The SMILES string of the molecule is CC(C)CC(=O)NC(=S)NNC(=O)COc1ccc(C(C)C)cc1. The Labute approximate surface area is 148 Å². The van der Waals surface area contributed by atoms with Gasteiger partial charge in [0.1, 0.15) is 5.75 Å². The second-order valence-electron chi connectivity index (χ2n) is 6.16. The minimum absolute atomic E-state index is 0.0512. The highest BCUT2D eigenvalue weighted by atomic mass is 32.1. The molecule has 0 unspecified atom stereocenters. The topological polar surface area (TPSA) is 79.5 Å². The maximum absolute atomic E-state index is 11.7. The molecule has 0 atom stereocenters. The molecule has 0 aliphatic heterocycles. The molecule has 0 spiro atoms. The van der Waals surface area contributed by atoms with Crippen LogP contribution < -0.4 is 20.9 Å². The van der Waals surface area contributed by atoms with Crippen LogP contribution in [0.4, 0.5) is 0 Å². The number of carbonyl (C=O) groups excluding carboxylic acids is 2. The van der Waals surface area contributed by atoms with E-state index in [1.165, 1.54) is 5.56 Å². The van der Waals surface area contributed by atoms with E-state index in [4.69, 9.17) is 17.0 Å². The average molecular weight is 351 g/mol. The zero-order valence-corrected chi connectivity index (χ0v) is 15.3. The summed E-state index contributed by atoms with van der Waals surface area (Å²) >= 11 is 4.92. The smallest absolute Gasteiger partial charge is 0.276 e. The number of hydrazine groups is 1. The van der Waals surface area contributed by atoms with Crippen molar-refractivity contribution in [2.75, 3.05) is 6.61 Å². The van der Waals surface area contributed by atoms with Crippen molar-refractivity contribution in [1.82, 2.24) is 16.2 Å². The predicted molar refractivity (Wildman–Crippen MR) is 97.5 cm³/mol. The Balaban J connectivity index is 2.28. The maximum atomic E-state index is 11.7. The van der Waals surface area contributed by atoms with Gasteiger partial charge < -0.3 is 10.1 Å². The Bertz CT molecular complexity index is 571. The van der Waals surface area contributed by atoms with Crippen molar-refractivity contribution in [3.05, 3.63) is 29.8 Å². The zero-order chi connectivity index (χ0) is 18.1. The summed E-state index contributed by atoms with van der Waals surface area (Å²) in [5, 5.41) is 2.53. The van der Waals surface area contributed by atoms with Crippen LogP contribution >= 0.6 is 12.2 Å². The summed E-state index contributed by atoms with van der Waals surface area (Å²) in [7, 11) is 0. The lowest BCUT2D eigenvalue weighted by Crippen LogP contribution is -2.49. The molecule has 0 saturated heterocycles. The minimum Gasteiger partial charge on any atom is -0.484 e. The van der Waals surface area contributed by atoms with Crippen molar-refractivity contribution in [3.8, 4) is 5.75 Å². The Hall–Kier alpha value is -2.15. The normalized spacial score (nSPS) is 10.4. The number of benzene rings is 1. The number of hydrogen-bond acceptors (Lipinski definition) is 4. The molecule has 24 heavy (non-hydrogen) atoms. The van der Waals surface area contributed by atoms with Gasteiger partial charge in [0.2, 0.25) is 5.91 Å². The van der Waals surface area contributed by atoms with Crippen molar-refractivity contribution in [2.45, 2.75) is 40.0 Å². The molecule has 0 aliphatic rings. The van der Waals surface area contributed by atoms with Gasteiger partial charge in [-0.2, -0.15) is 0 Å². The van der Waals surface area contributed by atoms with Crippen molar-refractivity contribution in [3.63, 3.8) is 0 Å². The average Bonchev–Trinajstić information content (AvgIpc) is 2.50. The fourth-order valence-electron chi connectivity index (χ4n) is 1.84. The molecule has 3 N–H and O–H groups in total. The number of amides is 2. The van der Waals surface area contributed by atoms with Crippen LogP contribution in [0.5, 0.6) is 5.75 Å². The third kappa shape index (κ3) is 7.92. The van der Waals surface area contributed by atoms with Gasteiger partial charge in [-0.25, -0.2) is 0 Å². The van der Waals surface area contributed by atoms with Crippen molar-refractivity contribution in [1.29, 1.82) is 0 Å². The first-order valence-corrected chi connectivity index (χ1v) is 8.30. The number of rotatable bonds is 6. The van der Waals surface area contributed by atoms with E-state index in [1.807, 2.05) is 38.1 Å². The van der Waals surface area contributed by atoms with Crippen LogP contribution in [-0.4, -0.2) is 23.5 Å². The van der Waals surface area contributed by atoms with Crippen LogP contribution in [0.15, 0.2) is 24.3 Å². The molecule has 2 amide bonds. The molecule has 0 saturated carbocycles. The van der Waals surface area contributed by atoms with Gasteiger partial charge in [0, 0.05) is 6.42 Å². The van der Waals surface area contributed by atoms with Gasteiger partial charge >= 0.3 is 0 Å². The summed E-state index contributed by atoms with van der Waals surface area (Å²) < 4.78 is 5.39. The highest BCUT2D eigenvalue weighted by Crippen LogP contribution is 2.18. The molecule has 0 aliphatic carbocycles. The van der Waals surface area contributed by atoms with Crippen LogP contribution in [0.3, 0.4) is 0 Å². The maximum Gasteiger partial charge on any atom is 0.276 e. The molecule has 132 valence electrons. The first kappa shape index (κ1) is 19.9. The summed E-state index contributed by atoms with van der Waals surface area (Å²) in [4.78, 5) is 23.2. The monoisotopic (exact) mass is 351 g/mol. The van der Waals surface area contributed by atoms with Gasteiger partial charge in [0.15, 0.2) is 11.7 Å². The zero-order valence-electron chi connectivity index (χ0n) is 14.5. The molecule has 1 aromatic rings. The quantitative estimate of drug-likeness (QED) is 0.541. The van der Waals surface area contributed by atoms with E-state index < -0.39 is 5.91 Å². The second kappa shape index (κ2) is 9.87. The van der Waals surface area contributed by atoms with E-state index in [1.54, 1.807) is 0 Å². The molecular formula is C17H25N3O3S. The van der Waals surface area contributed by atoms with Crippen LogP contribution in [0.2, 0.25) is 0 Å². The van der Waals surface area contributed by atoms with Crippen LogP contribution in [-0.2, 0) is 9.59 Å². The molecule has 0 heterocycles. The number of thiocarbonyl (C=S) groups is 1. The lowest BCUT2D eigenvalue weighted by molar-refractivity contribution is -0.124. The second-order valence-corrected chi connectivity index (χ2v) is 6.57. The van der Waals surface area contributed by atoms with E-state index in [-0.39, 0.29) is 23.5 Å². The van der Waals surface area contributed by atoms with Crippen molar-refractivity contribution < 1.29 is 14.3 Å². The van der Waals surface area contributed by atoms with Crippen LogP contribution in [0, 0.1) is 5.92 Å². The predicted octanol–water partition coefficient (Wildman–Crippen LogP) is 2.26. The number of nitrogens with one attached hydrogen (secondary N) is 3.